The highest BCUT2D eigenvalue weighted by molar-refractivity contribution is 6.39. The van der Waals surface area contributed by atoms with E-state index in [0.29, 0.717) is 36.4 Å². The van der Waals surface area contributed by atoms with Crippen molar-refractivity contribution in [2.75, 3.05) is 50.4 Å². The Kier molecular flexibility index (Phi) is 5.64. The predicted molar refractivity (Wildman–Crippen MR) is 120 cm³/mol. The van der Waals surface area contributed by atoms with Gasteiger partial charge in [-0.15, -0.1) is 0 Å². The first kappa shape index (κ1) is 20.7. The smallest absolute Gasteiger partial charge is 0.271 e. The van der Waals surface area contributed by atoms with Crippen LogP contribution in [0.15, 0.2) is 17.3 Å². The van der Waals surface area contributed by atoms with E-state index in [1.807, 2.05) is 24.0 Å². The van der Waals surface area contributed by atoms with Gasteiger partial charge >= 0.3 is 0 Å². The Morgan fingerprint density at radius 2 is 2.00 bits per heavy atom. The quantitative estimate of drug-likeness (QED) is 0.592. The van der Waals surface area contributed by atoms with Crippen molar-refractivity contribution < 1.29 is 9.63 Å². The number of H-pyrrole nitrogens is 1. The van der Waals surface area contributed by atoms with E-state index in [2.05, 4.69) is 47.9 Å². The van der Waals surface area contributed by atoms with Crippen molar-refractivity contribution in [3.05, 3.63) is 23.5 Å². The zero-order valence-corrected chi connectivity index (χ0v) is 18.5. The number of aromatic nitrogens is 4. The van der Waals surface area contributed by atoms with Crippen molar-refractivity contribution >= 4 is 29.2 Å². The lowest BCUT2D eigenvalue weighted by molar-refractivity contribution is -0.125. The number of aromatic amines is 1. The van der Waals surface area contributed by atoms with Gasteiger partial charge < -0.3 is 25.3 Å². The number of aryl methyl sites for hydroxylation is 1. The molecule has 3 N–H and O–H groups in total. The van der Waals surface area contributed by atoms with Gasteiger partial charge in [0, 0.05) is 62.0 Å². The van der Waals surface area contributed by atoms with Gasteiger partial charge in [0.25, 0.3) is 5.91 Å². The Labute approximate surface area is 186 Å². The third-order valence-corrected chi connectivity index (χ3v) is 5.98. The fraction of sp³-hybridized carbons (Fsp3) is 0.571. The first-order valence-electron chi connectivity index (χ1n) is 11.2. The van der Waals surface area contributed by atoms with Crippen molar-refractivity contribution in [2.24, 2.45) is 5.16 Å². The number of hydrogen-bond donors (Lipinski definition) is 3. The normalized spacial score (nSPS) is 21.2. The highest BCUT2D eigenvalue weighted by Crippen LogP contribution is 2.39. The van der Waals surface area contributed by atoms with E-state index in [4.69, 9.17) is 4.84 Å². The molecule has 2 aliphatic heterocycles. The van der Waals surface area contributed by atoms with Crippen molar-refractivity contribution in [2.45, 2.75) is 38.2 Å². The Bertz CT molecular complexity index is 1010. The molecule has 1 aliphatic carbocycles. The third-order valence-electron chi connectivity index (χ3n) is 5.98. The Morgan fingerprint density at radius 1 is 1.19 bits per heavy atom. The molecule has 0 spiro atoms. The third kappa shape index (κ3) is 4.82. The number of nitrogens with one attached hydrogen (secondary N) is 3. The monoisotopic (exact) mass is 439 g/mol. The minimum Gasteiger partial charge on any atom is -0.390 e. The lowest BCUT2D eigenvalue weighted by atomic mass is 10.1. The van der Waals surface area contributed by atoms with Gasteiger partial charge in [-0.2, -0.15) is 10.1 Å². The second-order valence-corrected chi connectivity index (χ2v) is 8.77. The summed E-state index contributed by atoms with van der Waals surface area (Å²) < 4.78 is 0. The maximum atomic E-state index is 12.7. The van der Waals surface area contributed by atoms with E-state index in [9.17, 15) is 4.79 Å². The van der Waals surface area contributed by atoms with Gasteiger partial charge in [0.2, 0.25) is 5.95 Å². The molecule has 11 nitrogen and oxygen atoms in total. The number of anilines is 3. The van der Waals surface area contributed by atoms with Crippen LogP contribution in [0.2, 0.25) is 0 Å². The standard InChI is InChI=1S/C21H29N9O2/c1-13-9-18(24-19-11-16(26-27-19)14-3-4-14)25-21(23-13)22-12-15-10-17(28-32-15)20(31)30-7-5-29(2)6-8-30/h9,11,14-15H,3-8,10,12H2,1-2H3,(H3,22,23,24,25,26,27). The van der Waals surface area contributed by atoms with Crippen LogP contribution in [0, 0.1) is 6.92 Å². The lowest BCUT2D eigenvalue weighted by Gasteiger charge is -2.32. The Hall–Kier alpha value is -3.21. The summed E-state index contributed by atoms with van der Waals surface area (Å²) in [5.41, 5.74) is 2.48. The molecule has 1 saturated heterocycles. The summed E-state index contributed by atoms with van der Waals surface area (Å²) in [7, 11) is 2.06. The van der Waals surface area contributed by atoms with Gasteiger partial charge in [-0.25, -0.2) is 4.98 Å². The maximum Gasteiger partial charge on any atom is 0.271 e. The molecule has 2 aromatic rings. The number of rotatable bonds is 7. The zero-order valence-electron chi connectivity index (χ0n) is 18.5. The summed E-state index contributed by atoms with van der Waals surface area (Å²) >= 11 is 0. The van der Waals surface area contributed by atoms with Crippen molar-refractivity contribution in [3.8, 4) is 0 Å². The molecule has 0 bridgehead atoms. The number of likely N-dealkylation sites (N-methyl/N-ethyl adjacent to an activating group) is 1. The van der Waals surface area contributed by atoms with Crippen LogP contribution in [0.25, 0.3) is 0 Å². The molecule has 1 saturated carbocycles. The summed E-state index contributed by atoms with van der Waals surface area (Å²) in [4.78, 5) is 31.2. The minimum absolute atomic E-state index is 0.0246. The average Bonchev–Trinajstić information content (AvgIpc) is 3.34. The van der Waals surface area contributed by atoms with Gasteiger partial charge in [0.1, 0.15) is 11.5 Å². The van der Waals surface area contributed by atoms with Crippen molar-refractivity contribution in [1.82, 2.24) is 30.0 Å². The molecule has 32 heavy (non-hydrogen) atoms. The predicted octanol–water partition coefficient (Wildman–Crippen LogP) is 1.46. The van der Waals surface area contributed by atoms with Gasteiger partial charge in [-0.3, -0.25) is 9.89 Å². The molecule has 0 aromatic carbocycles. The molecule has 170 valence electrons. The second kappa shape index (κ2) is 8.73. The summed E-state index contributed by atoms with van der Waals surface area (Å²) in [5, 5.41) is 17.9. The van der Waals surface area contributed by atoms with Crippen LogP contribution in [0.5, 0.6) is 0 Å². The Morgan fingerprint density at radius 3 is 2.78 bits per heavy atom. The van der Waals surface area contributed by atoms with Crippen molar-refractivity contribution in [1.29, 1.82) is 0 Å². The van der Waals surface area contributed by atoms with Crippen LogP contribution < -0.4 is 10.6 Å². The molecule has 2 aromatic heterocycles. The summed E-state index contributed by atoms with van der Waals surface area (Å²) in [6, 6.07) is 3.91. The molecule has 11 heteroatoms. The number of carbonyl (C=O) groups excluding carboxylic acids is 1. The number of carbonyl (C=O) groups is 1. The number of hydrogen-bond acceptors (Lipinski definition) is 9. The molecule has 0 radical (unpaired) electrons. The molecule has 3 aliphatic rings. The summed E-state index contributed by atoms with van der Waals surface area (Å²) in [5.74, 6) is 2.50. The van der Waals surface area contributed by atoms with Crippen LogP contribution in [-0.4, -0.2) is 87.5 Å². The highest BCUT2D eigenvalue weighted by Gasteiger charge is 2.30. The van der Waals surface area contributed by atoms with Gasteiger partial charge in [0.05, 0.1) is 6.54 Å². The molecule has 1 atom stereocenters. The second-order valence-electron chi connectivity index (χ2n) is 8.77. The molecule has 1 amide bonds. The van der Waals surface area contributed by atoms with E-state index in [-0.39, 0.29) is 12.0 Å². The van der Waals surface area contributed by atoms with Gasteiger partial charge in [-0.05, 0) is 26.8 Å². The number of nitrogens with zero attached hydrogens (tertiary/aromatic N) is 6. The van der Waals surface area contributed by atoms with Crippen LogP contribution in [0.1, 0.15) is 36.6 Å². The molecule has 2 fully saturated rings. The summed E-state index contributed by atoms with van der Waals surface area (Å²) in [6.07, 6.45) is 2.69. The van der Waals surface area contributed by atoms with E-state index in [1.165, 1.54) is 12.8 Å². The number of oxime groups is 1. The molecule has 1 unspecified atom stereocenters. The van der Waals surface area contributed by atoms with Crippen molar-refractivity contribution in [3.63, 3.8) is 0 Å². The van der Waals surface area contributed by atoms with Crippen LogP contribution >= 0.6 is 0 Å². The van der Waals surface area contributed by atoms with Crippen LogP contribution in [-0.2, 0) is 9.63 Å². The van der Waals surface area contributed by atoms with E-state index in [1.54, 1.807) is 0 Å². The van der Waals surface area contributed by atoms with Gasteiger partial charge in [0.15, 0.2) is 11.9 Å². The minimum atomic E-state index is -0.227. The highest BCUT2D eigenvalue weighted by atomic mass is 16.6. The molecule has 5 rings (SSSR count). The fourth-order valence-corrected chi connectivity index (χ4v) is 3.91. The van der Waals surface area contributed by atoms with Crippen LogP contribution in [0.4, 0.5) is 17.6 Å². The van der Waals surface area contributed by atoms with E-state index < -0.39 is 0 Å². The largest absolute Gasteiger partial charge is 0.390 e. The zero-order chi connectivity index (χ0) is 22.1. The molecule has 4 heterocycles. The first-order valence-corrected chi connectivity index (χ1v) is 11.2. The van der Waals surface area contributed by atoms with E-state index in [0.717, 1.165) is 43.4 Å². The maximum absolute atomic E-state index is 12.7. The van der Waals surface area contributed by atoms with Gasteiger partial charge in [-0.1, -0.05) is 5.16 Å². The fourth-order valence-electron chi connectivity index (χ4n) is 3.91. The summed E-state index contributed by atoms with van der Waals surface area (Å²) in [6.45, 7) is 5.59. The number of piperazine rings is 1. The van der Waals surface area contributed by atoms with Crippen LogP contribution in [0.3, 0.4) is 0 Å². The first-order chi connectivity index (χ1) is 15.5. The Balaban J connectivity index is 1.13. The SMILES string of the molecule is Cc1cc(Nc2cc(C3CC3)[nH]n2)nc(NCC2CC(C(=O)N3CCN(C)CC3)=NO2)n1. The number of amides is 1. The molecular weight excluding hydrogens is 410 g/mol. The topological polar surface area (TPSA) is 124 Å². The molecular formula is C21H29N9O2. The average molecular weight is 440 g/mol. The lowest BCUT2D eigenvalue weighted by Crippen LogP contribution is -2.49. The van der Waals surface area contributed by atoms with E-state index >= 15 is 0 Å².